The molecule has 0 saturated carbocycles. The fraction of sp³-hybridized carbons (Fsp3) is 0.250. The molecule has 18 heavy (non-hydrogen) atoms. The minimum Gasteiger partial charge on any atom is -0.326 e. The third kappa shape index (κ3) is 2.54. The van der Waals surface area contributed by atoms with E-state index in [-0.39, 0.29) is 5.91 Å². The van der Waals surface area contributed by atoms with E-state index in [9.17, 15) is 4.79 Å². The highest BCUT2D eigenvalue weighted by molar-refractivity contribution is 6.02. The number of aromatic nitrogens is 3. The summed E-state index contributed by atoms with van der Waals surface area (Å²) in [5, 5.41) is 6.90. The highest BCUT2D eigenvalue weighted by atomic mass is 16.2. The predicted molar refractivity (Wildman–Crippen MR) is 68.0 cm³/mol. The molecular formula is C12H15N5O. The van der Waals surface area contributed by atoms with Crippen LogP contribution in [0.3, 0.4) is 0 Å². The average Bonchev–Trinajstić information content (AvgIpc) is 2.68. The van der Waals surface area contributed by atoms with E-state index in [2.05, 4.69) is 15.4 Å². The van der Waals surface area contributed by atoms with Gasteiger partial charge in [-0.25, -0.2) is 0 Å². The Labute approximate surface area is 105 Å². The van der Waals surface area contributed by atoms with Crippen LogP contribution in [0.5, 0.6) is 0 Å². The molecule has 0 aliphatic rings. The maximum absolute atomic E-state index is 11.9. The summed E-state index contributed by atoms with van der Waals surface area (Å²) >= 11 is 0. The molecule has 0 bridgehead atoms. The number of amides is 1. The van der Waals surface area contributed by atoms with Gasteiger partial charge in [-0.3, -0.25) is 14.5 Å². The third-order valence-electron chi connectivity index (χ3n) is 2.54. The highest BCUT2D eigenvalue weighted by Gasteiger charge is 2.10. The maximum atomic E-state index is 11.9. The molecule has 6 heteroatoms. The number of rotatable bonds is 3. The Morgan fingerprint density at radius 3 is 2.78 bits per heavy atom. The van der Waals surface area contributed by atoms with Gasteiger partial charge in [0.1, 0.15) is 11.5 Å². The molecule has 6 nitrogen and oxygen atoms in total. The molecule has 2 heterocycles. The second-order valence-corrected chi connectivity index (χ2v) is 4.00. The smallest absolute Gasteiger partial charge is 0.275 e. The Kier molecular flexibility index (Phi) is 3.38. The number of carbonyl (C=O) groups excluding carboxylic acids is 1. The van der Waals surface area contributed by atoms with Gasteiger partial charge in [-0.2, -0.15) is 5.10 Å². The molecule has 94 valence electrons. The molecule has 2 rings (SSSR count). The largest absolute Gasteiger partial charge is 0.326 e. The Morgan fingerprint density at radius 2 is 2.28 bits per heavy atom. The van der Waals surface area contributed by atoms with Crippen molar-refractivity contribution in [3.63, 3.8) is 0 Å². The number of nitrogens with one attached hydrogen (secondary N) is 1. The zero-order valence-electron chi connectivity index (χ0n) is 10.3. The quantitative estimate of drug-likeness (QED) is 0.838. The molecular weight excluding hydrogens is 230 g/mol. The lowest BCUT2D eigenvalue weighted by Crippen LogP contribution is -2.16. The van der Waals surface area contributed by atoms with Crippen molar-refractivity contribution >= 4 is 11.7 Å². The zero-order valence-corrected chi connectivity index (χ0v) is 10.3. The number of hydrogen-bond donors (Lipinski definition) is 2. The van der Waals surface area contributed by atoms with Crippen molar-refractivity contribution in [2.75, 3.05) is 5.32 Å². The first-order valence-electron chi connectivity index (χ1n) is 5.57. The van der Waals surface area contributed by atoms with Crippen LogP contribution in [0.2, 0.25) is 0 Å². The summed E-state index contributed by atoms with van der Waals surface area (Å²) in [6.45, 7) is 2.28. The van der Waals surface area contributed by atoms with Crippen LogP contribution < -0.4 is 11.1 Å². The fourth-order valence-electron chi connectivity index (χ4n) is 1.59. The molecule has 1 amide bonds. The molecule has 0 aromatic carbocycles. The first-order valence-corrected chi connectivity index (χ1v) is 5.57. The Hall–Kier alpha value is -2.21. The van der Waals surface area contributed by atoms with Crippen LogP contribution in [0.4, 0.5) is 5.82 Å². The van der Waals surface area contributed by atoms with E-state index in [1.54, 1.807) is 36.1 Å². The fourth-order valence-corrected chi connectivity index (χ4v) is 1.59. The summed E-state index contributed by atoms with van der Waals surface area (Å²) in [5.74, 6) is 0.378. The predicted octanol–water partition coefficient (Wildman–Crippen LogP) is 0.835. The SMILES string of the molecule is Cc1cc(NC(=O)c2ccc(CN)cn2)n(C)n1. The topological polar surface area (TPSA) is 85.8 Å². The molecule has 0 aliphatic carbocycles. The van der Waals surface area contributed by atoms with Crippen LogP contribution in [0.1, 0.15) is 21.7 Å². The van der Waals surface area contributed by atoms with Crippen LogP contribution >= 0.6 is 0 Å². The van der Waals surface area contributed by atoms with Crippen molar-refractivity contribution in [1.29, 1.82) is 0 Å². The van der Waals surface area contributed by atoms with Crippen LogP contribution in [-0.2, 0) is 13.6 Å². The van der Waals surface area contributed by atoms with Crippen molar-refractivity contribution in [3.8, 4) is 0 Å². The number of anilines is 1. The van der Waals surface area contributed by atoms with Crippen molar-refractivity contribution in [2.45, 2.75) is 13.5 Å². The zero-order chi connectivity index (χ0) is 13.1. The summed E-state index contributed by atoms with van der Waals surface area (Å²) in [4.78, 5) is 16.0. The van der Waals surface area contributed by atoms with Crippen molar-refractivity contribution in [3.05, 3.63) is 41.3 Å². The van der Waals surface area contributed by atoms with Gasteiger partial charge in [-0.05, 0) is 18.6 Å². The lowest BCUT2D eigenvalue weighted by molar-refractivity contribution is 0.102. The van der Waals surface area contributed by atoms with Gasteiger partial charge in [0.15, 0.2) is 0 Å². The van der Waals surface area contributed by atoms with Gasteiger partial charge < -0.3 is 11.1 Å². The van der Waals surface area contributed by atoms with Crippen LogP contribution in [0.25, 0.3) is 0 Å². The molecule has 0 aliphatic heterocycles. The summed E-state index contributed by atoms with van der Waals surface area (Å²) < 4.78 is 1.61. The van der Waals surface area contributed by atoms with E-state index in [1.165, 1.54) is 0 Å². The lowest BCUT2D eigenvalue weighted by Gasteiger charge is -2.04. The lowest BCUT2D eigenvalue weighted by atomic mass is 10.2. The van der Waals surface area contributed by atoms with E-state index < -0.39 is 0 Å². The standard InChI is InChI=1S/C12H15N5O/c1-8-5-11(17(2)16-8)15-12(18)10-4-3-9(6-13)7-14-10/h3-5,7H,6,13H2,1-2H3,(H,15,18). The van der Waals surface area contributed by atoms with Gasteiger partial charge in [0, 0.05) is 25.9 Å². The summed E-state index contributed by atoms with van der Waals surface area (Å²) in [5.41, 5.74) is 7.56. The Morgan fingerprint density at radius 1 is 1.50 bits per heavy atom. The Bertz CT molecular complexity index is 558. The van der Waals surface area contributed by atoms with Crippen LogP contribution in [0.15, 0.2) is 24.4 Å². The van der Waals surface area contributed by atoms with Gasteiger partial charge >= 0.3 is 0 Å². The summed E-state index contributed by atoms with van der Waals surface area (Å²) in [6.07, 6.45) is 1.60. The number of aryl methyl sites for hydroxylation is 2. The van der Waals surface area contributed by atoms with Crippen molar-refractivity contribution in [1.82, 2.24) is 14.8 Å². The molecule has 0 radical (unpaired) electrons. The van der Waals surface area contributed by atoms with Crippen molar-refractivity contribution in [2.24, 2.45) is 12.8 Å². The minimum absolute atomic E-state index is 0.262. The highest BCUT2D eigenvalue weighted by Crippen LogP contribution is 2.09. The molecule has 0 fully saturated rings. The van der Waals surface area contributed by atoms with E-state index in [1.807, 2.05) is 6.92 Å². The van der Waals surface area contributed by atoms with E-state index in [0.717, 1.165) is 11.3 Å². The van der Waals surface area contributed by atoms with E-state index >= 15 is 0 Å². The second kappa shape index (κ2) is 4.97. The normalized spacial score (nSPS) is 10.4. The monoisotopic (exact) mass is 245 g/mol. The first kappa shape index (κ1) is 12.3. The third-order valence-corrected chi connectivity index (χ3v) is 2.54. The molecule has 2 aromatic heterocycles. The van der Waals surface area contributed by atoms with Crippen molar-refractivity contribution < 1.29 is 4.79 Å². The summed E-state index contributed by atoms with van der Waals surface area (Å²) in [6, 6.07) is 5.24. The van der Waals surface area contributed by atoms with Gasteiger partial charge in [-0.15, -0.1) is 0 Å². The maximum Gasteiger partial charge on any atom is 0.275 e. The second-order valence-electron chi connectivity index (χ2n) is 4.00. The molecule has 2 aromatic rings. The number of nitrogens with two attached hydrogens (primary N) is 1. The first-order chi connectivity index (χ1) is 8.60. The van der Waals surface area contributed by atoms with Gasteiger partial charge in [-0.1, -0.05) is 6.07 Å². The number of nitrogens with zero attached hydrogens (tertiary/aromatic N) is 3. The van der Waals surface area contributed by atoms with E-state index in [0.29, 0.717) is 18.1 Å². The molecule has 0 saturated heterocycles. The molecule has 0 unspecified atom stereocenters. The average molecular weight is 245 g/mol. The van der Waals surface area contributed by atoms with Crippen LogP contribution in [0, 0.1) is 6.92 Å². The molecule has 0 atom stereocenters. The molecule has 3 N–H and O–H groups in total. The summed E-state index contributed by atoms with van der Waals surface area (Å²) in [7, 11) is 1.77. The number of hydrogen-bond acceptors (Lipinski definition) is 4. The molecule has 0 spiro atoms. The van der Waals surface area contributed by atoms with Gasteiger partial charge in [0.25, 0.3) is 5.91 Å². The van der Waals surface area contributed by atoms with Gasteiger partial charge in [0.05, 0.1) is 5.69 Å². The van der Waals surface area contributed by atoms with E-state index in [4.69, 9.17) is 5.73 Å². The van der Waals surface area contributed by atoms with Crippen LogP contribution in [-0.4, -0.2) is 20.7 Å². The van der Waals surface area contributed by atoms with Gasteiger partial charge in [0.2, 0.25) is 0 Å². The number of pyridine rings is 1. The minimum atomic E-state index is -0.262. The number of carbonyl (C=O) groups is 1. The Balaban J connectivity index is 2.14.